The summed E-state index contributed by atoms with van der Waals surface area (Å²) in [6.45, 7) is 40.5. The van der Waals surface area contributed by atoms with E-state index in [2.05, 4.69) is 83.1 Å². The summed E-state index contributed by atoms with van der Waals surface area (Å²) in [4.78, 5) is 24.0. The number of ether oxygens (including phenoxy) is 10. The Morgan fingerprint density at radius 2 is 0.662 bits per heavy atom. The van der Waals surface area contributed by atoms with Gasteiger partial charge in [-0.1, -0.05) is 107 Å². The molecule has 0 aliphatic rings. The first-order valence-corrected chi connectivity index (χ1v) is 27.9. The average Bonchev–Trinajstić information content (AvgIpc) is 3.31. The van der Waals surface area contributed by atoms with Gasteiger partial charge in [-0.25, -0.2) is 0 Å². The first-order valence-electron chi connectivity index (χ1n) is 27.9. The van der Waals surface area contributed by atoms with Crippen molar-refractivity contribution in [1.29, 1.82) is 0 Å². The SMILES string of the molecule is C.C.C.C.CC(=O)OC(C)(C)C(COc1ccccc1)COC(C)(C)C(C)(C)CCCCOC(C)(C)CCOc1ccc(OCCC(C)(C)OCCCCC(C)(C)C(C)(C)OCC(COc2ccccc2)C(C)(C)OC(C)=O)cc1. The van der Waals surface area contributed by atoms with Crippen molar-refractivity contribution in [2.45, 2.75) is 239 Å². The highest BCUT2D eigenvalue weighted by Crippen LogP contribution is 2.41. The van der Waals surface area contributed by atoms with Crippen LogP contribution in [-0.4, -0.2) is 98.4 Å². The molecule has 0 amide bonds. The maximum atomic E-state index is 12.0. The Balaban J connectivity index is 0. The molecule has 12 heteroatoms. The van der Waals surface area contributed by atoms with Crippen molar-refractivity contribution >= 4 is 11.9 Å². The van der Waals surface area contributed by atoms with Crippen molar-refractivity contribution in [3.05, 3.63) is 84.9 Å². The molecule has 462 valence electrons. The quantitative estimate of drug-likeness (QED) is 0.0400. The average molecular weight is 1130 g/mol. The summed E-state index contributed by atoms with van der Waals surface area (Å²) in [6, 6.07) is 27.2. The lowest BCUT2D eigenvalue weighted by molar-refractivity contribution is -0.173. The van der Waals surface area contributed by atoms with Crippen LogP contribution in [0.4, 0.5) is 0 Å². The predicted octanol–water partition coefficient (Wildman–Crippen LogP) is 17.4. The molecule has 3 aromatic rings. The van der Waals surface area contributed by atoms with E-state index in [1.807, 2.05) is 113 Å². The van der Waals surface area contributed by atoms with Gasteiger partial charge in [0, 0.05) is 39.9 Å². The minimum absolute atomic E-state index is 0. The minimum atomic E-state index is -0.772. The largest absolute Gasteiger partial charge is 0.493 e. The highest BCUT2D eigenvalue weighted by Gasteiger charge is 2.42. The molecule has 80 heavy (non-hydrogen) atoms. The van der Waals surface area contributed by atoms with Crippen molar-refractivity contribution in [2.24, 2.45) is 22.7 Å². The Morgan fingerprint density at radius 3 is 0.963 bits per heavy atom. The van der Waals surface area contributed by atoms with Crippen LogP contribution in [0.15, 0.2) is 84.9 Å². The molecule has 0 saturated carbocycles. The number of hydrogen-bond donors (Lipinski definition) is 0. The number of para-hydroxylation sites is 2. The Kier molecular flexibility index (Phi) is 33.9. The zero-order chi connectivity index (χ0) is 56.9. The highest BCUT2D eigenvalue weighted by atomic mass is 16.6. The fourth-order valence-corrected chi connectivity index (χ4v) is 8.48. The smallest absolute Gasteiger partial charge is 0.303 e. The van der Waals surface area contributed by atoms with E-state index in [-0.39, 0.29) is 75.5 Å². The molecule has 0 fully saturated rings. The number of rotatable bonds is 38. The third kappa shape index (κ3) is 28.1. The monoisotopic (exact) mass is 1130 g/mol. The molecule has 0 aromatic heterocycles. The van der Waals surface area contributed by atoms with Crippen molar-refractivity contribution in [3.8, 4) is 23.0 Å². The van der Waals surface area contributed by atoms with Crippen LogP contribution in [0.5, 0.6) is 23.0 Å². The topological polar surface area (TPSA) is 126 Å². The zero-order valence-corrected chi connectivity index (χ0v) is 50.5. The van der Waals surface area contributed by atoms with Gasteiger partial charge in [0.25, 0.3) is 0 Å². The van der Waals surface area contributed by atoms with Crippen LogP contribution >= 0.6 is 0 Å². The van der Waals surface area contributed by atoms with E-state index >= 15 is 0 Å². The molecule has 0 saturated heterocycles. The van der Waals surface area contributed by atoms with E-state index in [4.69, 9.17) is 47.4 Å². The third-order valence-electron chi connectivity index (χ3n) is 15.9. The van der Waals surface area contributed by atoms with Crippen LogP contribution in [0.25, 0.3) is 0 Å². The summed E-state index contributed by atoms with van der Waals surface area (Å²) in [7, 11) is 0. The lowest BCUT2D eigenvalue weighted by Crippen LogP contribution is -2.47. The number of hydrogen-bond acceptors (Lipinski definition) is 12. The van der Waals surface area contributed by atoms with Crippen molar-refractivity contribution in [2.75, 3.05) is 52.9 Å². The van der Waals surface area contributed by atoms with Crippen LogP contribution in [0.1, 0.15) is 206 Å². The van der Waals surface area contributed by atoms with Gasteiger partial charge in [0.05, 0.1) is 73.9 Å². The molecule has 0 aliphatic carbocycles. The minimum Gasteiger partial charge on any atom is -0.493 e. The predicted molar refractivity (Wildman–Crippen MR) is 332 cm³/mol. The molecule has 0 bridgehead atoms. The Hall–Kier alpha value is -4.36. The summed E-state index contributed by atoms with van der Waals surface area (Å²) >= 11 is 0. The summed E-state index contributed by atoms with van der Waals surface area (Å²) in [5, 5.41) is 0. The van der Waals surface area contributed by atoms with Gasteiger partial charge in [-0.2, -0.15) is 0 Å². The third-order valence-corrected chi connectivity index (χ3v) is 15.9. The van der Waals surface area contributed by atoms with Crippen LogP contribution in [0.3, 0.4) is 0 Å². The maximum absolute atomic E-state index is 12.0. The Morgan fingerprint density at radius 1 is 0.362 bits per heavy atom. The number of benzene rings is 3. The van der Waals surface area contributed by atoms with Gasteiger partial charge in [0.15, 0.2) is 0 Å². The van der Waals surface area contributed by atoms with E-state index in [1.54, 1.807) is 0 Å². The van der Waals surface area contributed by atoms with Gasteiger partial charge in [-0.05, 0) is 168 Å². The first-order chi connectivity index (χ1) is 35.3. The maximum Gasteiger partial charge on any atom is 0.303 e. The fraction of sp³-hybridized carbons (Fsp3) is 0.706. The Labute approximate surface area is 489 Å². The first kappa shape index (κ1) is 77.7. The molecular weight excluding hydrogens is 1010 g/mol. The summed E-state index contributed by atoms with van der Waals surface area (Å²) in [6.07, 6.45) is 7.29. The highest BCUT2D eigenvalue weighted by molar-refractivity contribution is 5.66. The molecule has 0 N–H and O–H groups in total. The zero-order valence-electron chi connectivity index (χ0n) is 50.5. The van der Waals surface area contributed by atoms with Crippen LogP contribution in [0, 0.1) is 22.7 Å². The standard InChI is InChI=1S/C64H102O12.4CH4/c1-49(65)75-61(11,12)51(45-69-53-29-21-19-22-30-53)47-73-63(15,16)57(3,4)37-25-27-41-71-59(7,8)39-43-67-55-33-35-56(36-34-55)68-44-40-60(9,10)72-42-28-26-38-58(5,6)64(17,18)74-48-52(62(13,14)76-50(2)66)46-70-54-31-23-20-24-32-54;;;;/h19-24,29-36,51-52H,25-28,37-48H2,1-18H3;4*1H4. The molecule has 2 unspecified atom stereocenters. The van der Waals surface area contributed by atoms with Crippen LogP contribution in [0.2, 0.25) is 0 Å². The van der Waals surface area contributed by atoms with Gasteiger partial charge in [-0.3, -0.25) is 9.59 Å². The van der Waals surface area contributed by atoms with Gasteiger partial charge in [-0.15, -0.1) is 0 Å². The van der Waals surface area contributed by atoms with Crippen molar-refractivity contribution < 1.29 is 57.0 Å². The number of carbonyl (C=O) groups is 2. The lowest BCUT2D eigenvalue weighted by atomic mass is 9.73. The van der Waals surface area contributed by atoms with Crippen LogP contribution in [-0.2, 0) is 38.0 Å². The number of carbonyl (C=O) groups excluding carboxylic acids is 2. The molecule has 2 atom stereocenters. The van der Waals surface area contributed by atoms with E-state index in [0.29, 0.717) is 52.9 Å². The van der Waals surface area contributed by atoms with Gasteiger partial charge in [0.2, 0.25) is 0 Å². The van der Waals surface area contributed by atoms with Crippen molar-refractivity contribution in [1.82, 2.24) is 0 Å². The summed E-state index contributed by atoms with van der Waals surface area (Å²) < 4.78 is 62.0. The molecule has 0 spiro atoms. The molecule has 0 radical (unpaired) electrons. The molecule has 0 heterocycles. The van der Waals surface area contributed by atoms with Crippen LogP contribution < -0.4 is 18.9 Å². The van der Waals surface area contributed by atoms with E-state index in [1.165, 1.54) is 13.8 Å². The van der Waals surface area contributed by atoms with E-state index in [9.17, 15) is 9.59 Å². The molecular formula is C68H118O12. The second-order valence-corrected chi connectivity index (χ2v) is 25.2. The Bertz CT molecular complexity index is 1960. The second kappa shape index (κ2) is 34.9. The van der Waals surface area contributed by atoms with Gasteiger partial charge < -0.3 is 47.4 Å². The lowest BCUT2D eigenvalue weighted by Gasteiger charge is -2.44. The number of esters is 2. The van der Waals surface area contributed by atoms with Gasteiger partial charge in [0.1, 0.15) is 34.2 Å². The molecule has 12 nitrogen and oxygen atoms in total. The van der Waals surface area contributed by atoms with Gasteiger partial charge >= 0.3 is 11.9 Å². The van der Waals surface area contributed by atoms with E-state index < -0.39 is 22.4 Å². The molecule has 0 aliphatic heterocycles. The second-order valence-electron chi connectivity index (χ2n) is 25.2. The molecule has 3 aromatic carbocycles. The molecule has 3 rings (SSSR count). The summed E-state index contributed by atoms with van der Waals surface area (Å²) in [5.41, 5.74) is -3.36. The fourth-order valence-electron chi connectivity index (χ4n) is 8.48. The number of unbranched alkanes of at least 4 members (excludes halogenated alkanes) is 2. The van der Waals surface area contributed by atoms with Crippen molar-refractivity contribution in [3.63, 3.8) is 0 Å². The summed E-state index contributed by atoms with van der Waals surface area (Å²) in [5.74, 6) is 2.11. The normalized spacial score (nSPS) is 13.2. The van der Waals surface area contributed by atoms with E-state index in [0.717, 1.165) is 74.4 Å².